The van der Waals surface area contributed by atoms with Crippen molar-refractivity contribution >= 4 is 21.5 Å². The number of sulfonamides is 1. The maximum absolute atomic E-state index is 12.5. The van der Waals surface area contributed by atoms with Crippen molar-refractivity contribution in [3.63, 3.8) is 0 Å². The van der Waals surface area contributed by atoms with Crippen molar-refractivity contribution in [2.45, 2.75) is 17.7 Å². The van der Waals surface area contributed by atoms with Gasteiger partial charge < -0.3 is 4.90 Å². The molecular formula is C22H20N2O2S. The van der Waals surface area contributed by atoms with Crippen molar-refractivity contribution in [1.82, 2.24) is 0 Å². The molecule has 0 bridgehead atoms. The van der Waals surface area contributed by atoms with Crippen LogP contribution in [-0.4, -0.2) is 20.8 Å². The highest BCUT2D eigenvalue weighted by molar-refractivity contribution is 7.90. The molecule has 3 aromatic carbocycles. The minimum absolute atomic E-state index is 0.281. The Morgan fingerprint density at radius 3 is 2.15 bits per heavy atom. The van der Waals surface area contributed by atoms with Crippen LogP contribution in [0.5, 0.6) is 0 Å². The highest BCUT2D eigenvalue weighted by Crippen LogP contribution is 2.30. The number of amidine groups is 1. The van der Waals surface area contributed by atoms with Crippen LogP contribution in [-0.2, 0) is 16.4 Å². The third-order valence-corrected chi connectivity index (χ3v) is 5.95. The fraction of sp³-hybridized carbons (Fsp3) is 0.136. The standard InChI is InChI=1S/C22H20N2O2S/c25-27(26)21-16-8-7-15-20(21)22(23-27)24(19-13-5-2-6-14-19)17-9-12-18-10-3-1-4-11-18/h1-8,10-11,13-16H,9,12,17H2. The molecule has 0 spiro atoms. The molecule has 27 heavy (non-hydrogen) atoms. The van der Waals surface area contributed by atoms with E-state index < -0.39 is 10.0 Å². The Balaban J connectivity index is 1.65. The van der Waals surface area contributed by atoms with E-state index in [0.29, 0.717) is 17.9 Å². The zero-order valence-electron chi connectivity index (χ0n) is 14.8. The Bertz CT molecular complexity index is 1060. The van der Waals surface area contributed by atoms with Crippen LogP contribution in [0.25, 0.3) is 0 Å². The van der Waals surface area contributed by atoms with Crippen molar-refractivity contribution in [2.75, 3.05) is 11.4 Å². The normalized spacial score (nSPS) is 14.4. The summed E-state index contributed by atoms with van der Waals surface area (Å²) in [6.07, 6.45) is 1.81. The number of fused-ring (bicyclic) bond motifs is 1. The van der Waals surface area contributed by atoms with Gasteiger partial charge in [0.15, 0.2) is 5.84 Å². The van der Waals surface area contributed by atoms with E-state index in [1.807, 2.05) is 65.6 Å². The average Bonchev–Trinajstić information content (AvgIpc) is 2.98. The molecule has 0 atom stereocenters. The van der Waals surface area contributed by atoms with Crippen LogP contribution in [0.1, 0.15) is 17.5 Å². The molecule has 0 N–H and O–H groups in total. The number of hydrogen-bond acceptors (Lipinski definition) is 3. The fourth-order valence-electron chi connectivity index (χ4n) is 3.33. The predicted octanol–water partition coefficient (Wildman–Crippen LogP) is 4.27. The molecule has 0 radical (unpaired) electrons. The summed E-state index contributed by atoms with van der Waals surface area (Å²) in [5, 5.41) is 0. The van der Waals surface area contributed by atoms with E-state index in [1.54, 1.807) is 12.1 Å². The lowest BCUT2D eigenvalue weighted by Gasteiger charge is -2.24. The number of hydrogen-bond donors (Lipinski definition) is 0. The van der Waals surface area contributed by atoms with Gasteiger partial charge in [0.05, 0.1) is 0 Å². The van der Waals surface area contributed by atoms with E-state index in [9.17, 15) is 8.42 Å². The monoisotopic (exact) mass is 376 g/mol. The van der Waals surface area contributed by atoms with Crippen LogP contribution in [0, 0.1) is 0 Å². The SMILES string of the molecule is O=S1(=O)N=C(N(CCCc2ccccc2)c2ccccc2)c2ccccc21. The number of rotatable bonds is 5. The van der Waals surface area contributed by atoms with Gasteiger partial charge in [0.1, 0.15) is 4.90 Å². The number of aryl methyl sites for hydroxylation is 1. The molecule has 4 rings (SSSR count). The van der Waals surface area contributed by atoms with E-state index in [4.69, 9.17) is 0 Å². The lowest BCUT2D eigenvalue weighted by atomic mass is 10.1. The molecule has 0 aromatic heterocycles. The largest absolute Gasteiger partial charge is 0.325 e. The zero-order valence-corrected chi connectivity index (χ0v) is 15.6. The molecule has 4 nitrogen and oxygen atoms in total. The molecular weight excluding hydrogens is 356 g/mol. The molecule has 0 fully saturated rings. The second kappa shape index (κ2) is 7.37. The lowest BCUT2D eigenvalue weighted by molar-refractivity contribution is 0.599. The second-order valence-electron chi connectivity index (χ2n) is 6.46. The van der Waals surface area contributed by atoms with E-state index in [1.165, 1.54) is 5.56 Å². The van der Waals surface area contributed by atoms with Crippen molar-refractivity contribution < 1.29 is 8.42 Å². The topological polar surface area (TPSA) is 49.7 Å². The Morgan fingerprint density at radius 2 is 1.41 bits per heavy atom. The quantitative estimate of drug-likeness (QED) is 0.668. The second-order valence-corrected chi connectivity index (χ2v) is 8.03. The van der Waals surface area contributed by atoms with Crippen molar-refractivity contribution in [1.29, 1.82) is 0 Å². The Kier molecular flexibility index (Phi) is 4.77. The fourth-order valence-corrected chi connectivity index (χ4v) is 4.55. The summed E-state index contributed by atoms with van der Waals surface area (Å²) in [6.45, 7) is 0.682. The van der Waals surface area contributed by atoms with Crippen molar-refractivity contribution in [2.24, 2.45) is 4.40 Å². The van der Waals surface area contributed by atoms with E-state index in [2.05, 4.69) is 16.5 Å². The Labute approximate surface area is 159 Å². The van der Waals surface area contributed by atoms with Gasteiger partial charge in [0.25, 0.3) is 10.0 Å². The van der Waals surface area contributed by atoms with Crippen molar-refractivity contribution in [3.8, 4) is 0 Å². The Morgan fingerprint density at radius 1 is 0.778 bits per heavy atom. The maximum atomic E-state index is 12.5. The summed E-state index contributed by atoms with van der Waals surface area (Å²) in [6, 6.07) is 27.2. The third kappa shape index (κ3) is 3.64. The molecule has 0 unspecified atom stereocenters. The number of benzene rings is 3. The zero-order chi connectivity index (χ0) is 18.7. The van der Waals surface area contributed by atoms with Crippen molar-refractivity contribution in [3.05, 3.63) is 96.1 Å². The highest BCUT2D eigenvalue weighted by Gasteiger charge is 2.31. The molecule has 3 aromatic rings. The summed E-state index contributed by atoms with van der Waals surface area (Å²) in [7, 11) is -3.64. The molecule has 0 saturated carbocycles. The molecule has 0 amide bonds. The lowest BCUT2D eigenvalue weighted by Crippen LogP contribution is -2.32. The predicted molar refractivity (Wildman–Crippen MR) is 109 cm³/mol. The van der Waals surface area contributed by atoms with Gasteiger partial charge in [-0.05, 0) is 42.7 Å². The first-order valence-corrected chi connectivity index (χ1v) is 10.4. The summed E-state index contributed by atoms with van der Waals surface area (Å²) in [4.78, 5) is 2.29. The van der Waals surface area contributed by atoms with Crippen LogP contribution in [0.3, 0.4) is 0 Å². The van der Waals surface area contributed by atoms with Gasteiger partial charge in [0.2, 0.25) is 0 Å². The number of nitrogens with zero attached hydrogens (tertiary/aromatic N) is 2. The molecule has 1 aliphatic rings. The minimum atomic E-state index is -3.64. The summed E-state index contributed by atoms with van der Waals surface area (Å²) < 4.78 is 29.1. The van der Waals surface area contributed by atoms with Gasteiger partial charge in [-0.15, -0.1) is 4.40 Å². The first-order chi connectivity index (χ1) is 13.1. The molecule has 0 saturated heterocycles. The number of anilines is 1. The third-order valence-electron chi connectivity index (χ3n) is 4.63. The van der Waals surface area contributed by atoms with E-state index in [-0.39, 0.29) is 4.90 Å². The molecule has 1 heterocycles. The summed E-state index contributed by atoms with van der Waals surface area (Å²) in [5.74, 6) is 0.505. The first-order valence-electron chi connectivity index (χ1n) is 8.96. The summed E-state index contributed by atoms with van der Waals surface area (Å²) >= 11 is 0. The van der Waals surface area contributed by atoms with Crippen LogP contribution in [0.2, 0.25) is 0 Å². The van der Waals surface area contributed by atoms with E-state index >= 15 is 0 Å². The van der Waals surface area contributed by atoms with Gasteiger partial charge in [-0.2, -0.15) is 8.42 Å². The van der Waals surface area contributed by atoms with Gasteiger partial charge in [0, 0.05) is 17.8 Å². The average molecular weight is 376 g/mol. The maximum Gasteiger partial charge on any atom is 0.285 e. The van der Waals surface area contributed by atoms with E-state index in [0.717, 1.165) is 18.5 Å². The summed E-state index contributed by atoms with van der Waals surface area (Å²) in [5.41, 5.74) is 2.88. The van der Waals surface area contributed by atoms with Gasteiger partial charge in [-0.25, -0.2) is 0 Å². The molecule has 0 aliphatic carbocycles. The Hall–Kier alpha value is -2.92. The van der Waals surface area contributed by atoms with Gasteiger partial charge >= 0.3 is 0 Å². The van der Waals surface area contributed by atoms with Gasteiger partial charge in [-0.3, -0.25) is 0 Å². The van der Waals surface area contributed by atoms with Crippen LogP contribution < -0.4 is 4.90 Å². The van der Waals surface area contributed by atoms with Crippen LogP contribution in [0.4, 0.5) is 5.69 Å². The van der Waals surface area contributed by atoms with Crippen LogP contribution >= 0.6 is 0 Å². The van der Waals surface area contributed by atoms with Gasteiger partial charge in [-0.1, -0.05) is 60.7 Å². The minimum Gasteiger partial charge on any atom is -0.325 e. The smallest absolute Gasteiger partial charge is 0.285 e. The molecule has 1 aliphatic heterocycles. The molecule has 136 valence electrons. The highest BCUT2D eigenvalue weighted by atomic mass is 32.2. The number of para-hydroxylation sites is 1. The first kappa shape index (κ1) is 17.5. The van der Waals surface area contributed by atoms with Crippen LogP contribution in [0.15, 0.2) is 94.2 Å². The molecule has 5 heteroatoms.